The Morgan fingerprint density at radius 2 is 0.903 bits per heavy atom. The summed E-state index contributed by atoms with van der Waals surface area (Å²) in [6.07, 6.45) is 5.52. The van der Waals surface area contributed by atoms with Crippen LogP contribution in [0.5, 0.6) is 0 Å². The molecule has 2 aromatic carbocycles. The second kappa shape index (κ2) is 36.4. The van der Waals surface area contributed by atoms with E-state index in [9.17, 15) is 4.79 Å². The van der Waals surface area contributed by atoms with Gasteiger partial charge in [0.2, 0.25) is 0 Å². The number of alkyl carbamates (subject to hydrolysis) is 1. The topological polar surface area (TPSA) is 131 Å². The van der Waals surface area contributed by atoms with Gasteiger partial charge in [0, 0.05) is 26.4 Å². The lowest BCUT2D eigenvalue weighted by molar-refractivity contribution is -0.121. The van der Waals surface area contributed by atoms with E-state index in [1.54, 1.807) is 6.08 Å². The highest BCUT2D eigenvalue weighted by Gasteiger charge is 2.21. The van der Waals surface area contributed by atoms with Gasteiger partial charge >= 0.3 is 6.09 Å². The molecule has 0 aliphatic carbocycles. The number of carbonyl (C=O) groups is 1. The Labute approximate surface area is 373 Å². The molecule has 13 heteroatoms. The van der Waals surface area contributed by atoms with Crippen molar-refractivity contribution in [3.63, 3.8) is 0 Å². The SMILES string of the molecule is C=CCOCC(COCC(COCC(COCC(COCC(CNC(=O)OC(C)(C)C)OCCCC)OCc1ccccc1)OCc1ccccc1)OCCCC)OCCCC. The molecule has 1 N–H and O–H groups in total. The fourth-order valence-electron chi connectivity index (χ4n) is 5.62. The van der Waals surface area contributed by atoms with Crippen molar-refractivity contribution in [1.82, 2.24) is 5.32 Å². The zero-order valence-corrected chi connectivity index (χ0v) is 38.9. The van der Waals surface area contributed by atoms with Gasteiger partial charge in [-0.25, -0.2) is 4.79 Å². The standard InChI is InChI=1S/C49H81NO12/c1-8-12-26-57-43(29-50-48(51)62-49(5,6)7)32-53-37-46(60-30-41-21-17-15-18-22-41)39-56-40-47(61-31-42-23-19-16-20-24-42)38-55-36-45(59-28-14-10-3)35-54-34-44(33-52-25-11-4)58-27-13-9-2/h11,15-24,43-47H,4,8-10,12-14,25-40H2,1-3,5-7H3,(H,50,51). The minimum Gasteiger partial charge on any atom is -0.444 e. The third-order valence-corrected chi connectivity index (χ3v) is 9.05. The number of amides is 1. The summed E-state index contributed by atoms with van der Waals surface area (Å²) in [6, 6.07) is 20.0. The molecule has 0 radical (unpaired) electrons. The molecule has 2 rings (SSSR count). The lowest BCUT2D eigenvalue weighted by Gasteiger charge is -2.25. The summed E-state index contributed by atoms with van der Waals surface area (Å²) in [4.78, 5) is 12.4. The first kappa shape index (κ1) is 55.2. The molecular formula is C49H81NO12. The molecule has 13 nitrogen and oxygen atoms in total. The number of unbranched alkanes of at least 4 members (excludes halogenated alkanes) is 3. The van der Waals surface area contributed by atoms with Gasteiger partial charge in [0.25, 0.3) is 0 Å². The lowest BCUT2D eigenvalue weighted by atomic mass is 10.2. The van der Waals surface area contributed by atoms with Gasteiger partial charge in [-0.1, -0.05) is 107 Å². The van der Waals surface area contributed by atoms with Gasteiger partial charge in [-0.3, -0.25) is 0 Å². The number of hydrogen-bond acceptors (Lipinski definition) is 12. The largest absolute Gasteiger partial charge is 0.444 e. The number of ether oxygens (including phenoxy) is 11. The second-order valence-corrected chi connectivity index (χ2v) is 16.2. The van der Waals surface area contributed by atoms with Gasteiger partial charge in [0.15, 0.2) is 0 Å². The molecule has 0 aliphatic rings. The Morgan fingerprint density at radius 1 is 0.548 bits per heavy atom. The smallest absolute Gasteiger partial charge is 0.407 e. The monoisotopic (exact) mass is 876 g/mol. The van der Waals surface area contributed by atoms with E-state index in [2.05, 4.69) is 32.7 Å². The van der Waals surface area contributed by atoms with E-state index in [0.717, 1.165) is 49.7 Å². The average molecular weight is 876 g/mol. The zero-order valence-electron chi connectivity index (χ0n) is 38.9. The zero-order chi connectivity index (χ0) is 44.9. The van der Waals surface area contributed by atoms with Crippen LogP contribution in [-0.4, -0.2) is 135 Å². The molecule has 62 heavy (non-hydrogen) atoms. The van der Waals surface area contributed by atoms with Crippen molar-refractivity contribution in [1.29, 1.82) is 0 Å². The molecule has 0 aliphatic heterocycles. The maximum atomic E-state index is 12.4. The first-order valence-electron chi connectivity index (χ1n) is 22.8. The summed E-state index contributed by atoms with van der Waals surface area (Å²) < 4.78 is 67.0. The number of rotatable bonds is 40. The molecular weight excluding hydrogens is 795 g/mol. The number of nitrogens with one attached hydrogen (secondary N) is 1. The van der Waals surface area contributed by atoms with Gasteiger partial charge in [0.1, 0.15) is 30.0 Å². The van der Waals surface area contributed by atoms with Gasteiger partial charge in [-0.05, 0) is 51.2 Å². The van der Waals surface area contributed by atoms with E-state index in [0.29, 0.717) is 66.1 Å². The van der Waals surface area contributed by atoms with E-state index >= 15 is 0 Å². The van der Waals surface area contributed by atoms with Gasteiger partial charge in [-0.15, -0.1) is 6.58 Å². The van der Waals surface area contributed by atoms with Crippen molar-refractivity contribution in [2.24, 2.45) is 0 Å². The minimum absolute atomic E-state index is 0.181. The highest BCUT2D eigenvalue weighted by atomic mass is 16.6. The average Bonchev–Trinajstić information content (AvgIpc) is 3.26. The summed E-state index contributed by atoms with van der Waals surface area (Å²) in [5.41, 5.74) is 1.49. The van der Waals surface area contributed by atoms with Crippen LogP contribution in [0, 0.1) is 0 Å². The van der Waals surface area contributed by atoms with E-state index in [4.69, 9.17) is 52.1 Å². The second-order valence-electron chi connectivity index (χ2n) is 16.2. The molecule has 5 atom stereocenters. The van der Waals surface area contributed by atoms with Crippen LogP contribution in [0.3, 0.4) is 0 Å². The first-order chi connectivity index (χ1) is 30.1. The quantitative estimate of drug-likeness (QED) is 0.0509. The predicted molar refractivity (Wildman–Crippen MR) is 243 cm³/mol. The summed E-state index contributed by atoms with van der Waals surface area (Å²) in [5, 5.41) is 2.81. The van der Waals surface area contributed by atoms with Crippen molar-refractivity contribution >= 4 is 6.09 Å². The number of benzene rings is 2. The fourth-order valence-corrected chi connectivity index (χ4v) is 5.62. The Kier molecular flexibility index (Phi) is 32.4. The molecule has 0 saturated heterocycles. The molecule has 0 saturated carbocycles. The molecule has 0 heterocycles. The Hall–Kier alpha value is -2.95. The van der Waals surface area contributed by atoms with Crippen molar-refractivity contribution in [3.05, 3.63) is 84.4 Å². The van der Waals surface area contributed by atoms with Crippen LogP contribution in [0.1, 0.15) is 91.2 Å². The maximum absolute atomic E-state index is 12.4. The normalized spacial score (nSPS) is 14.2. The van der Waals surface area contributed by atoms with Crippen LogP contribution in [0.2, 0.25) is 0 Å². The Balaban J connectivity index is 2.05. The van der Waals surface area contributed by atoms with Gasteiger partial charge < -0.3 is 57.4 Å². The van der Waals surface area contributed by atoms with Crippen LogP contribution in [-0.2, 0) is 65.3 Å². The lowest BCUT2D eigenvalue weighted by Crippen LogP contribution is -2.40. The highest BCUT2D eigenvalue weighted by Crippen LogP contribution is 2.11. The Bertz CT molecular complexity index is 1330. The highest BCUT2D eigenvalue weighted by molar-refractivity contribution is 5.67. The molecule has 0 fully saturated rings. The summed E-state index contributed by atoms with van der Waals surface area (Å²) >= 11 is 0. The molecule has 1 amide bonds. The van der Waals surface area contributed by atoms with E-state index in [1.807, 2.05) is 81.4 Å². The molecule has 0 aromatic heterocycles. The van der Waals surface area contributed by atoms with E-state index in [1.165, 1.54) is 0 Å². The van der Waals surface area contributed by atoms with Crippen molar-refractivity contribution in [3.8, 4) is 0 Å². The molecule has 2 aromatic rings. The van der Waals surface area contributed by atoms with Gasteiger partial charge in [0.05, 0.1) is 85.4 Å². The number of hydrogen-bond donors (Lipinski definition) is 1. The van der Waals surface area contributed by atoms with E-state index in [-0.39, 0.29) is 64.0 Å². The summed E-state index contributed by atoms with van der Waals surface area (Å²) in [6.45, 7) is 21.7. The van der Waals surface area contributed by atoms with E-state index < -0.39 is 17.8 Å². The fraction of sp³-hybridized carbons (Fsp3) is 0.694. The minimum atomic E-state index is -0.602. The molecule has 354 valence electrons. The van der Waals surface area contributed by atoms with Crippen LogP contribution in [0.15, 0.2) is 73.3 Å². The van der Waals surface area contributed by atoms with Crippen molar-refractivity contribution < 1.29 is 56.9 Å². The van der Waals surface area contributed by atoms with Crippen molar-refractivity contribution in [2.45, 2.75) is 129 Å². The van der Waals surface area contributed by atoms with Crippen LogP contribution < -0.4 is 5.32 Å². The molecule has 0 bridgehead atoms. The first-order valence-corrected chi connectivity index (χ1v) is 22.8. The maximum Gasteiger partial charge on any atom is 0.407 e. The van der Waals surface area contributed by atoms with Crippen LogP contribution >= 0.6 is 0 Å². The van der Waals surface area contributed by atoms with Gasteiger partial charge in [-0.2, -0.15) is 0 Å². The van der Waals surface area contributed by atoms with Crippen LogP contribution in [0.4, 0.5) is 4.79 Å². The predicted octanol–water partition coefficient (Wildman–Crippen LogP) is 8.51. The molecule has 5 unspecified atom stereocenters. The van der Waals surface area contributed by atoms with Crippen LogP contribution in [0.25, 0.3) is 0 Å². The third-order valence-electron chi connectivity index (χ3n) is 9.05. The van der Waals surface area contributed by atoms with Crippen molar-refractivity contribution in [2.75, 3.05) is 92.4 Å². The Morgan fingerprint density at radius 3 is 1.27 bits per heavy atom. The third kappa shape index (κ3) is 30.2. The summed E-state index contributed by atoms with van der Waals surface area (Å²) in [7, 11) is 0. The summed E-state index contributed by atoms with van der Waals surface area (Å²) in [5.74, 6) is 0. The number of carbonyl (C=O) groups excluding carboxylic acids is 1. The molecule has 0 spiro atoms.